The van der Waals surface area contributed by atoms with Gasteiger partial charge in [-0.2, -0.15) is 0 Å². The zero-order valence-corrected chi connectivity index (χ0v) is 9.18. The number of hydrogen-bond acceptors (Lipinski definition) is 3. The Morgan fingerprint density at radius 1 is 1.71 bits per heavy atom. The van der Waals surface area contributed by atoms with Crippen molar-refractivity contribution < 1.29 is 9.32 Å². The minimum atomic E-state index is -0.445. The second-order valence-electron chi connectivity index (χ2n) is 3.80. The molecule has 0 unspecified atom stereocenters. The topological polar surface area (TPSA) is 55.1 Å². The molecule has 0 aliphatic carbocycles. The van der Waals surface area contributed by atoms with Gasteiger partial charge in [0.1, 0.15) is 0 Å². The van der Waals surface area contributed by atoms with E-state index >= 15 is 0 Å². The maximum absolute atomic E-state index is 11.5. The van der Waals surface area contributed by atoms with Gasteiger partial charge in [-0.15, -0.1) is 11.6 Å². The number of carbonyl (C=O) groups excluding carboxylic acids is 1. The van der Waals surface area contributed by atoms with Gasteiger partial charge in [0.2, 0.25) is 5.76 Å². The number of aromatic nitrogens is 1. The number of aryl methyl sites for hydroxylation is 1. The number of alkyl halides is 1. The summed E-state index contributed by atoms with van der Waals surface area (Å²) in [6.07, 6.45) is 0. The predicted molar refractivity (Wildman–Crippen MR) is 53.5 cm³/mol. The summed E-state index contributed by atoms with van der Waals surface area (Å²) in [6.45, 7) is 5.43. The summed E-state index contributed by atoms with van der Waals surface area (Å²) in [4.78, 5) is 11.5. The van der Waals surface area contributed by atoms with Gasteiger partial charge >= 0.3 is 0 Å². The van der Waals surface area contributed by atoms with E-state index in [0.717, 1.165) is 0 Å². The normalized spacial score (nSPS) is 11.4. The monoisotopic (exact) mass is 216 g/mol. The average Bonchev–Trinajstić information content (AvgIpc) is 2.51. The van der Waals surface area contributed by atoms with E-state index in [9.17, 15) is 4.79 Å². The first kappa shape index (κ1) is 11.0. The van der Waals surface area contributed by atoms with Crippen molar-refractivity contribution in [3.8, 4) is 0 Å². The third-order valence-electron chi connectivity index (χ3n) is 1.64. The lowest BCUT2D eigenvalue weighted by Crippen LogP contribution is -2.44. The fourth-order valence-corrected chi connectivity index (χ4v) is 0.940. The number of nitrogens with zero attached hydrogens (tertiary/aromatic N) is 1. The van der Waals surface area contributed by atoms with Crippen molar-refractivity contribution in [2.24, 2.45) is 0 Å². The molecule has 1 aromatic rings. The number of rotatable bonds is 3. The second-order valence-corrected chi connectivity index (χ2v) is 4.07. The van der Waals surface area contributed by atoms with Crippen molar-refractivity contribution in [2.75, 3.05) is 5.88 Å². The van der Waals surface area contributed by atoms with Crippen molar-refractivity contribution in [3.63, 3.8) is 0 Å². The zero-order valence-electron chi connectivity index (χ0n) is 8.43. The lowest BCUT2D eigenvalue weighted by atomic mass is 10.1. The van der Waals surface area contributed by atoms with Crippen LogP contribution in [0.2, 0.25) is 0 Å². The highest BCUT2D eigenvalue weighted by molar-refractivity contribution is 6.18. The van der Waals surface area contributed by atoms with Gasteiger partial charge in [0.15, 0.2) is 0 Å². The summed E-state index contributed by atoms with van der Waals surface area (Å²) in [5.41, 5.74) is 0.234. The Morgan fingerprint density at radius 3 is 2.79 bits per heavy atom. The van der Waals surface area contributed by atoms with Gasteiger partial charge in [0.25, 0.3) is 5.91 Å². The molecule has 1 heterocycles. The molecule has 0 aromatic carbocycles. The first-order valence-corrected chi connectivity index (χ1v) is 4.80. The van der Waals surface area contributed by atoms with E-state index in [2.05, 4.69) is 10.5 Å². The molecule has 0 saturated heterocycles. The van der Waals surface area contributed by atoms with Gasteiger partial charge in [-0.05, 0) is 20.8 Å². The molecule has 0 fully saturated rings. The van der Waals surface area contributed by atoms with E-state index in [1.807, 2.05) is 13.8 Å². The highest BCUT2D eigenvalue weighted by Crippen LogP contribution is 2.08. The predicted octanol–water partition coefficient (Wildman–Crippen LogP) is 1.73. The molecule has 0 bridgehead atoms. The van der Waals surface area contributed by atoms with E-state index in [-0.39, 0.29) is 11.7 Å². The van der Waals surface area contributed by atoms with E-state index in [1.54, 1.807) is 13.0 Å². The summed E-state index contributed by atoms with van der Waals surface area (Å²) in [7, 11) is 0. The van der Waals surface area contributed by atoms with Crippen molar-refractivity contribution in [1.82, 2.24) is 10.5 Å². The Kier molecular flexibility index (Phi) is 3.16. The molecule has 0 aliphatic heterocycles. The maximum atomic E-state index is 11.5. The van der Waals surface area contributed by atoms with Crippen molar-refractivity contribution >= 4 is 17.5 Å². The van der Waals surface area contributed by atoms with Crippen LogP contribution in [0.15, 0.2) is 10.6 Å². The Morgan fingerprint density at radius 2 is 2.36 bits per heavy atom. The van der Waals surface area contributed by atoms with Gasteiger partial charge < -0.3 is 9.84 Å². The molecular weight excluding hydrogens is 204 g/mol. The fourth-order valence-electron chi connectivity index (χ4n) is 0.873. The molecular formula is C9H13ClN2O2. The van der Waals surface area contributed by atoms with Crippen molar-refractivity contribution in [3.05, 3.63) is 17.5 Å². The molecule has 78 valence electrons. The molecule has 0 saturated carbocycles. The van der Waals surface area contributed by atoms with Crippen LogP contribution in [-0.2, 0) is 0 Å². The van der Waals surface area contributed by atoms with Gasteiger partial charge in [-0.25, -0.2) is 0 Å². The van der Waals surface area contributed by atoms with E-state index in [1.165, 1.54) is 0 Å². The number of carbonyl (C=O) groups is 1. The number of halogens is 1. The number of nitrogens with one attached hydrogen (secondary N) is 1. The molecule has 1 N–H and O–H groups in total. The summed E-state index contributed by atoms with van der Waals surface area (Å²) in [5, 5.41) is 6.36. The quantitative estimate of drug-likeness (QED) is 0.783. The van der Waals surface area contributed by atoms with Crippen LogP contribution in [0.25, 0.3) is 0 Å². The fraction of sp³-hybridized carbons (Fsp3) is 0.556. The smallest absolute Gasteiger partial charge is 0.290 e. The van der Waals surface area contributed by atoms with E-state index < -0.39 is 5.54 Å². The van der Waals surface area contributed by atoms with Crippen LogP contribution in [0.4, 0.5) is 0 Å². The zero-order chi connectivity index (χ0) is 10.8. The summed E-state index contributed by atoms with van der Waals surface area (Å²) in [5.74, 6) is 0.253. The van der Waals surface area contributed by atoms with Gasteiger partial charge in [0.05, 0.1) is 5.69 Å². The Hall–Kier alpha value is -1.03. The molecule has 1 amide bonds. The average molecular weight is 217 g/mol. The Labute approximate surface area is 87.6 Å². The van der Waals surface area contributed by atoms with Crippen LogP contribution >= 0.6 is 11.6 Å². The van der Waals surface area contributed by atoms with E-state index in [0.29, 0.717) is 11.6 Å². The first-order chi connectivity index (χ1) is 6.44. The van der Waals surface area contributed by atoms with Crippen LogP contribution in [0.1, 0.15) is 30.1 Å². The van der Waals surface area contributed by atoms with Crippen molar-refractivity contribution in [1.29, 1.82) is 0 Å². The third kappa shape index (κ3) is 2.73. The molecule has 1 rings (SSSR count). The summed E-state index contributed by atoms with van der Waals surface area (Å²) >= 11 is 5.67. The number of amides is 1. The minimum absolute atomic E-state index is 0.209. The second kappa shape index (κ2) is 4.00. The minimum Gasteiger partial charge on any atom is -0.351 e. The Bertz CT molecular complexity index is 333. The van der Waals surface area contributed by atoms with E-state index in [4.69, 9.17) is 16.1 Å². The SMILES string of the molecule is Cc1cc(C(=O)NC(C)(C)CCl)on1. The highest BCUT2D eigenvalue weighted by Gasteiger charge is 2.22. The molecule has 0 aliphatic rings. The van der Waals surface area contributed by atoms with Crippen LogP contribution < -0.4 is 5.32 Å². The largest absolute Gasteiger partial charge is 0.351 e. The van der Waals surface area contributed by atoms with Crippen LogP contribution in [0.5, 0.6) is 0 Å². The summed E-state index contributed by atoms with van der Waals surface area (Å²) < 4.78 is 4.81. The van der Waals surface area contributed by atoms with Gasteiger partial charge in [-0.1, -0.05) is 5.16 Å². The molecule has 4 nitrogen and oxygen atoms in total. The highest BCUT2D eigenvalue weighted by atomic mass is 35.5. The standard InChI is InChI=1S/C9H13ClN2O2/c1-6-4-7(14-12-6)8(13)11-9(2,3)5-10/h4H,5H2,1-3H3,(H,11,13). The maximum Gasteiger partial charge on any atom is 0.290 e. The van der Waals surface area contributed by atoms with Crippen LogP contribution in [-0.4, -0.2) is 22.5 Å². The lowest BCUT2D eigenvalue weighted by Gasteiger charge is -2.22. The van der Waals surface area contributed by atoms with Gasteiger partial charge in [-0.3, -0.25) is 4.79 Å². The van der Waals surface area contributed by atoms with Crippen molar-refractivity contribution in [2.45, 2.75) is 26.3 Å². The number of hydrogen-bond donors (Lipinski definition) is 1. The molecule has 0 radical (unpaired) electrons. The van der Waals surface area contributed by atoms with Gasteiger partial charge in [0, 0.05) is 17.5 Å². The summed E-state index contributed by atoms with van der Waals surface area (Å²) in [6, 6.07) is 1.58. The molecule has 1 aromatic heterocycles. The Balaban J connectivity index is 2.68. The van der Waals surface area contributed by atoms with Crippen LogP contribution in [0.3, 0.4) is 0 Å². The third-order valence-corrected chi connectivity index (χ3v) is 2.31. The molecule has 0 atom stereocenters. The molecule has 0 spiro atoms. The molecule has 5 heteroatoms. The molecule has 14 heavy (non-hydrogen) atoms. The first-order valence-electron chi connectivity index (χ1n) is 4.26. The van der Waals surface area contributed by atoms with Crippen LogP contribution in [0, 0.1) is 6.92 Å². The lowest BCUT2D eigenvalue weighted by molar-refractivity contribution is 0.0882.